The molecule has 1 atom stereocenters. The predicted octanol–water partition coefficient (Wildman–Crippen LogP) is 0.156. The molecule has 1 aromatic carbocycles. The summed E-state index contributed by atoms with van der Waals surface area (Å²) >= 11 is 0. The van der Waals surface area contributed by atoms with Crippen LogP contribution in [0.5, 0.6) is 0 Å². The number of hydrogen-bond acceptors (Lipinski definition) is 5. The van der Waals surface area contributed by atoms with E-state index >= 15 is 0 Å². The number of carbonyl (C=O) groups is 2. The van der Waals surface area contributed by atoms with Crippen molar-refractivity contribution in [2.24, 2.45) is 17.9 Å². The molecule has 8 heteroatoms. The molecule has 1 aromatic heterocycles. The molecule has 0 radical (unpaired) electrons. The molecule has 2 aromatic rings. The van der Waals surface area contributed by atoms with Gasteiger partial charge in [-0.2, -0.15) is 10.2 Å². The zero-order valence-corrected chi connectivity index (χ0v) is 13.2. The highest BCUT2D eigenvalue weighted by atomic mass is 16.2. The Morgan fingerprint density at radius 2 is 2.04 bits per heavy atom. The molecule has 1 aliphatic heterocycles. The largest absolute Gasteiger partial charge is 0.368 e. The van der Waals surface area contributed by atoms with Gasteiger partial charge >= 0.3 is 0 Å². The van der Waals surface area contributed by atoms with E-state index in [4.69, 9.17) is 5.73 Å². The maximum atomic E-state index is 12.3. The van der Waals surface area contributed by atoms with Crippen molar-refractivity contribution in [3.63, 3.8) is 0 Å². The summed E-state index contributed by atoms with van der Waals surface area (Å²) in [4.78, 5) is 24.1. The number of nitrogens with one attached hydrogen (secondary N) is 1. The Bertz CT molecular complexity index is 783. The lowest BCUT2D eigenvalue weighted by Gasteiger charge is -2.20. The fourth-order valence-corrected chi connectivity index (χ4v) is 2.54. The number of hydrazone groups is 1. The van der Waals surface area contributed by atoms with Crippen LogP contribution < -0.4 is 16.1 Å². The Morgan fingerprint density at radius 3 is 2.67 bits per heavy atom. The number of nitrogens with two attached hydrogens (primary N) is 1. The van der Waals surface area contributed by atoms with E-state index in [1.807, 2.05) is 36.4 Å². The maximum absolute atomic E-state index is 12.3. The Morgan fingerprint density at radius 1 is 1.29 bits per heavy atom. The Kier molecular flexibility index (Phi) is 4.28. The maximum Gasteiger partial charge on any atom is 0.267 e. The van der Waals surface area contributed by atoms with Crippen LogP contribution in [0.25, 0.3) is 0 Å². The van der Waals surface area contributed by atoms with Crippen molar-refractivity contribution >= 4 is 23.2 Å². The van der Waals surface area contributed by atoms with E-state index in [1.54, 1.807) is 17.9 Å². The summed E-state index contributed by atoms with van der Waals surface area (Å²) < 4.78 is 1.68. The van der Waals surface area contributed by atoms with Crippen molar-refractivity contribution in [2.75, 3.05) is 5.01 Å². The SMILES string of the molecule is Cn1nccc1CNC(=O)C1=NN(c2ccccc2)[C@H](C(N)=O)C1. The number of primary amides is 1. The number of amides is 2. The summed E-state index contributed by atoms with van der Waals surface area (Å²) in [5, 5.41) is 12.6. The smallest absolute Gasteiger partial charge is 0.267 e. The fraction of sp³-hybridized carbons (Fsp3) is 0.250. The molecule has 1 aliphatic rings. The number of aryl methyl sites for hydroxylation is 1. The van der Waals surface area contributed by atoms with Gasteiger partial charge in [0, 0.05) is 19.7 Å². The second-order valence-electron chi connectivity index (χ2n) is 5.48. The lowest BCUT2D eigenvalue weighted by Crippen LogP contribution is -2.39. The van der Waals surface area contributed by atoms with Gasteiger partial charge in [-0.25, -0.2) is 0 Å². The van der Waals surface area contributed by atoms with Gasteiger partial charge in [-0.3, -0.25) is 19.3 Å². The fourth-order valence-electron chi connectivity index (χ4n) is 2.54. The third-order valence-corrected chi connectivity index (χ3v) is 3.87. The van der Waals surface area contributed by atoms with Crippen LogP contribution in [0.2, 0.25) is 0 Å². The number of para-hydroxylation sites is 1. The van der Waals surface area contributed by atoms with Gasteiger partial charge in [0.1, 0.15) is 11.8 Å². The van der Waals surface area contributed by atoms with Crippen molar-refractivity contribution in [3.8, 4) is 0 Å². The molecule has 0 spiro atoms. The summed E-state index contributed by atoms with van der Waals surface area (Å²) in [6.07, 6.45) is 1.84. The van der Waals surface area contributed by atoms with Crippen molar-refractivity contribution in [2.45, 2.75) is 19.0 Å². The van der Waals surface area contributed by atoms with Crippen molar-refractivity contribution < 1.29 is 9.59 Å². The van der Waals surface area contributed by atoms with Gasteiger partial charge < -0.3 is 11.1 Å². The number of benzene rings is 1. The molecule has 2 amide bonds. The molecule has 0 aliphatic carbocycles. The molecule has 0 saturated heterocycles. The number of rotatable bonds is 5. The van der Waals surface area contributed by atoms with Crippen LogP contribution in [-0.4, -0.2) is 33.3 Å². The molecule has 2 heterocycles. The first-order valence-corrected chi connectivity index (χ1v) is 7.52. The van der Waals surface area contributed by atoms with Crippen LogP contribution in [0, 0.1) is 0 Å². The monoisotopic (exact) mass is 326 g/mol. The van der Waals surface area contributed by atoms with E-state index in [1.165, 1.54) is 5.01 Å². The Labute approximate surface area is 138 Å². The minimum Gasteiger partial charge on any atom is -0.368 e. The molecule has 0 bridgehead atoms. The van der Waals surface area contributed by atoms with E-state index in [-0.39, 0.29) is 18.0 Å². The van der Waals surface area contributed by atoms with Gasteiger partial charge in [-0.1, -0.05) is 18.2 Å². The number of carbonyl (C=O) groups excluding carboxylic acids is 2. The van der Waals surface area contributed by atoms with Gasteiger partial charge in [-0.15, -0.1) is 0 Å². The van der Waals surface area contributed by atoms with E-state index < -0.39 is 11.9 Å². The van der Waals surface area contributed by atoms with Crippen LogP contribution in [0.15, 0.2) is 47.7 Å². The van der Waals surface area contributed by atoms with E-state index in [0.29, 0.717) is 6.54 Å². The quantitative estimate of drug-likeness (QED) is 0.816. The summed E-state index contributed by atoms with van der Waals surface area (Å²) in [6, 6.07) is 10.3. The van der Waals surface area contributed by atoms with Gasteiger partial charge in [0.2, 0.25) is 5.91 Å². The summed E-state index contributed by atoms with van der Waals surface area (Å²) in [6.45, 7) is 0.334. The van der Waals surface area contributed by atoms with Gasteiger partial charge in [-0.05, 0) is 18.2 Å². The zero-order valence-electron chi connectivity index (χ0n) is 13.2. The second kappa shape index (κ2) is 6.53. The number of nitrogens with zero attached hydrogens (tertiary/aromatic N) is 4. The highest BCUT2D eigenvalue weighted by Gasteiger charge is 2.34. The number of hydrogen-bond donors (Lipinski definition) is 2. The highest BCUT2D eigenvalue weighted by Crippen LogP contribution is 2.24. The van der Waals surface area contributed by atoms with Crippen LogP contribution in [0.1, 0.15) is 12.1 Å². The van der Waals surface area contributed by atoms with Crippen LogP contribution in [-0.2, 0) is 23.2 Å². The third-order valence-electron chi connectivity index (χ3n) is 3.87. The third kappa shape index (κ3) is 3.12. The topological polar surface area (TPSA) is 106 Å². The minimum absolute atomic E-state index is 0.182. The van der Waals surface area contributed by atoms with E-state index in [2.05, 4.69) is 15.5 Å². The number of aromatic nitrogens is 2. The Balaban J connectivity index is 1.74. The van der Waals surface area contributed by atoms with Gasteiger partial charge in [0.05, 0.1) is 17.9 Å². The molecule has 0 saturated carbocycles. The lowest BCUT2D eigenvalue weighted by molar-refractivity contribution is -0.119. The molecule has 0 unspecified atom stereocenters. The number of anilines is 1. The van der Waals surface area contributed by atoms with Crippen molar-refractivity contribution in [1.29, 1.82) is 0 Å². The summed E-state index contributed by atoms with van der Waals surface area (Å²) in [5.74, 6) is -0.835. The average molecular weight is 326 g/mol. The van der Waals surface area contributed by atoms with Gasteiger partial charge in [0.25, 0.3) is 5.91 Å². The normalized spacial score (nSPS) is 16.8. The molecule has 3 rings (SSSR count). The predicted molar refractivity (Wildman–Crippen MR) is 89.0 cm³/mol. The van der Waals surface area contributed by atoms with Crippen molar-refractivity contribution in [3.05, 3.63) is 48.3 Å². The highest BCUT2D eigenvalue weighted by molar-refractivity contribution is 6.40. The average Bonchev–Trinajstić information content (AvgIpc) is 3.20. The first kappa shape index (κ1) is 15.7. The van der Waals surface area contributed by atoms with E-state index in [0.717, 1.165) is 11.4 Å². The van der Waals surface area contributed by atoms with Gasteiger partial charge in [0.15, 0.2) is 0 Å². The zero-order chi connectivity index (χ0) is 17.1. The molecule has 124 valence electrons. The molecular formula is C16H18N6O2. The van der Waals surface area contributed by atoms with Crippen molar-refractivity contribution in [1.82, 2.24) is 15.1 Å². The molecule has 24 heavy (non-hydrogen) atoms. The molecule has 3 N–H and O–H groups in total. The Hall–Kier alpha value is -3.16. The van der Waals surface area contributed by atoms with E-state index in [9.17, 15) is 9.59 Å². The first-order chi connectivity index (χ1) is 11.6. The summed E-state index contributed by atoms with van der Waals surface area (Å²) in [7, 11) is 1.80. The van der Waals surface area contributed by atoms with Crippen LogP contribution in [0.3, 0.4) is 0 Å². The molecule has 8 nitrogen and oxygen atoms in total. The first-order valence-electron chi connectivity index (χ1n) is 7.52. The molecule has 0 fully saturated rings. The standard InChI is InChI=1S/C16H18N6O2/c1-21-12(7-8-19-21)10-18-16(24)13-9-14(15(17)23)22(20-13)11-5-3-2-4-6-11/h2-8,14H,9-10H2,1H3,(H2,17,23)(H,18,24)/t14-/m0/s1. The van der Waals surface area contributed by atoms with Crippen LogP contribution in [0.4, 0.5) is 5.69 Å². The van der Waals surface area contributed by atoms with Crippen LogP contribution >= 0.6 is 0 Å². The molecular weight excluding hydrogens is 308 g/mol. The lowest BCUT2D eigenvalue weighted by atomic mass is 10.1. The summed E-state index contributed by atoms with van der Waals surface area (Å²) in [5.41, 5.74) is 7.33. The minimum atomic E-state index is -0.662. The second-order valence-corrected chi connectivity index (χ2v) is 5.48.